The van der Waals surface area contributed by atoms with Crippen LogP contribution in [0.4, 0.5) is 0 Å². The van der Waals surface area contributed by atoms with Crippen LogP contribution in [0, 0.1) is 0 Å². The average Bonchev–Trinajstić information content (AvgIpc) is 2.93. The number of hydrogen-bond acceptors (Lipinski definition) is 5. The highest BCUT2D eigenvalue weighted by molar-refractivity contribution is 6.05. The molecule has 1 aromatic rings. The molecule has 142 valence electrons. The van der Waals surface area contributed by atoms with Crippen LogP contribution in [0.3, 0.4) is 0 Å². The molecule has 0 spiro atoms. The quantitative estimate of drug-likeness (QED) is 0.754. The van der Waals surface area contributed by atoms with Gasteiger partial charge >= 0.3 is 0 Å². The summed E-state index contributed by atoms with van der Waals surface area (Å²) in [5, 5.41) is 5.92. The Labute approximate surface area is 158 Å². The number of carbonyl (C=O) groups is 3. The second kappa shape index (κ2) is 6.42. The Kier molecular flexibility index (Phi) is 4.02. The number of amides is 3. The van der Waals surface area contributed by atoms with Gasteiger partial charge in [-0.1, -0.05) is 12.1 Å². The number of nitrogens with zero attached hydrogens (tertiary/aromatic N) is 2. The Hall–Kier alpha value is -2.25. The molecule has 0 radical (unpaired) electrons. The lowest BCUT2D eigenvalue weighted by Gasteiger charge is -2.49. The van der Waals surface area contributed by atoms with Gasteiger partial charge in [0.15, 0.2) is 0 Å². The minimum Gasteiger partial charge on any atom is -0.322 e. The molecule has 4 aliphatic rings. The summed E-state index contributed by atoms with van der Waals surface area (Å²) in [6, 6.07) is 6.82. The number of imide groups is 1. The molecule has 3 heterocycles. The number of nitrogens with one attached hydrogen (secondary N) is 2. The fraction of sp³-hybridized carbons (Fsp3) is 0.550. The Morgan fingerprint density at radius 3 is 2.78 bits per heavy atom. The minimum absolute atomic E-state index is 0.0943. The van der Waals surface area contributed by atoms with Gasteiger partial charge in [0.05, 0.1) is 0 Å². The van der Waals surface area contributed by atoms with E-state index >= 15 is 0 Å². The van der Waals surface area contributed by atoms with Crippen LogP contribution < -0.4 is 10.6 Å². The fourth-order valence-corrected chi connectivity index (χ4v) is 4.85. The lowest BCUT2D eigenvalue weighted by Crippen LogP contribution is -2.62. The smallest absolute Gasteiger partial charge is 0.255 e. The van der Waals surface area contributed by atoms with Crippen molar-refractivity contribution in [1.82, 2.24) is 20.4 Å². The standard InChI is InChI=1S/C20H24N4O3/c25-18-6-5-17(19(26)22-18)24-11-13-2-1-12(9-14(13)20(24)27)10-23-8-7-21-15-3-4-16(15)23/h1-2,9,15-17,21H,3-8,10-11H2,(H,22,25,26). The van der Waals surface area contributed by atoms with Gasteiger partial charge in [0.1, 0.15) is 6.04 Å². The molecule has 3 fully saturated rings. The Morgan fingerprint density at radius 2 is 2.00 bits per heavy atom. The number of hydrogen-bond donors (Lipinski definition) is 2. The number of piperidine rings is 1. The van der Waals surface area contributed by atoms with Gasteiger partial charge in [-0.25, -0.2) is 0 Å². The van der Waals surface area contributed by atoms with Crippen LogP contribution in [0.2, 0.25) is 0 Å². The maximum absolute atomic E-state index is 12.9. The number of fused-ring (bicyclic) bond motifs is 2. The van der Waals surface area contributed by atoms with E-state index in [0.717, 1.165) is 30.8 Å². The van der Waals surface area contributed by atoms with Gasteiger partial charge in [-0.15, -0.1) is 0 Å². The molecule has 1 aromatic carbocycles. The zero-order chi connectivity index (χ0) is 18.5. The first kappa shape index (κ1) is 16.9. The van der Waals surface area contributed by atoms with Crippen LogP contribution in [0.1, 0.15) is 47.2 Å². The van der Waals surface area contributed by atoms with Crippen molar-refractivity contribution in [3.63, 3.8) is 0 Å². The van der Waals surface area contributed by atoms with E-state index in [1.807, 2.05) is 12.1 Å². The van der Waals surface area contributed by atoms with Crippen molar-refractivity contribution in [3.05, 3.63) is 34.9 Å². The molecule has 1 saturated carbocycles. The van der Waals surface area contributed by atoms with Crippen molar-refractivity contribution in [2.75, 3.05) is 13.1 Å². The molecule has 7 nitrogen and oxygen atoms in total. The van der Waals surface area contributed by atoms with E-state index < -0.39 is 6.04 Å². The topological polar surface area (TPSA) is 81.8 Å². The van der Waals surface area contributed by atoms with E-state index in [1.165, 1.54) is 12.8 Å². The molecular weight excluding hydrogens is 344 g/mol. The summed E-state index contributed by atoms with van der Waals surface area (Å²) in [5.41, 5.74) is 2.83. The van der Waals surface area contributed by atoms with Crippen molar-refractivity contribution in [2.24, 2.45) is 0 Å². The molecule has 3 amide bonds. The summed E-state index contributed by atoms with van der Waals surface area (Å²) < 4.78 is 0. The number of rotatable bonds is 3. The van der Waals surface area contributed by atoms with E-state index in [0.29, 0.717) is 30.6 Å². The van der Waals surface area contributed by atoms with Crippen molar-refractivity contribution >= 4 is 17.7 Å². The molecule has 2 N–H and O–H groups in total. The van der Waals surface area contributed by atoms with E-state index in [-0.39, 0.29) is 24.1 Å². The summed E-state index contributed by atoms with van der Waals surface area (Å²) in [5.74, 6) is -0.708. The normalized spacial score (nSPS) is 30.6. The fourth-order valence-electron chi connectivity index (χ4n) is 4.85. The summed E-state index contributed by atoms with van der Waals surface area (Å²) in [6.45, 7) is 3.36. The van der Waals surface area contributed by atoms with Gasteiger partial charge in [0, 0.05) is 50.2 Å². The zero-order valence-corrected chi connectivity index (χ0v) is 15.2. The molecular formula is C20H24N4O3. The summed E-state index contributed by atoms with van der Waals surface area (Å²) in [4.78, 5) is 40.6. The predicted octanol–water partition coefficient (Wildman–Crippen LogP) is 0.384. The van der Waals surface area contributed by atoms with Crippen LogP contribution in [-0.2, 0) is 22.7 Å². The van der Waals surface area contributed by atoms with Crippen molar-refractivity contribution in [3.8, 4) is 0 Å². The SMILES string of the molecule is O=C1CCC(N2Cc3ccc(CN4CCNC5CCC54)cc3C2=O)C(=O)N1. The first-order valence-electron chi connectivity index (χ1n) is 9.84. The summed E-state index contributed by atoms with van der Waals surface area (Å²) in [7, 11) is 0. The number of benzene rings is 1. The van der Waals surface area contributed by atoms with E-state index in [1.54, 1.807) is 4.90 Å². The monoisotopic (exact) mass is 368 g/mol. The van der Waals surface area contributed by atoms with Crippen LogP contribution in [0.15, 0.2) is 18.2 Å². The molecule has 0 aromatic heterocycles. The minimum atomic E-state index is -0.546. The second-order valence-electron chi connectivity index (χ2n) is 8.07. The largest absolute Gasteiger partial charge is 0.322 e. The van der Waals surface area contributed by atoms with Gasteiger partial charge in [-0.05, 0) is 36.5 Å². The first-order chi connectivity index (χ1) is 13.1. The average molecular weight is 368 g/mol. The highest BCUT2D eigenvalue weighted by atomic mass is 16.2. The summed E-state index contributed by atoms with van der Waals surface area (Å²) in [6.07, 6.45) is 3.18. The third kappa shape index (κ3) is 2.85. The lowest BCUT2D eigenvalue weighted by atomic mass is 9.83. The number of piperazine rings is 1. The third-order valence-electron chi connectivity index (χ3n) is 6.49. The number of carbonyl (C=O) groups excluding carboxylic acids is 3. The van der Waals surface area contributed by atoms with Gasteiger partial charge < -0.3 is 10.2 Å². The maximum atomic E-state index is 12.9. The first-order valence-corrected chi connectivity index (χ1v) is 9.84. The van der Waals surface area contributed by atoms with Crippen LogP contribution in [0.25, 0.3) is 0 Å². The molecule has 5 rings (SSSR count). The van der Waals surface area contributed by atoms with Crippen LogP contribution in [-0.4, -0.2) is 58.7 Å². The third-order valence-corrected chi connectivity index (χ3v) is 6.49. The molecule has 3 unspecified atom stereocenters. The zero-order valence-electron chi connectivity index (χ0n) is 15.2. The highest BCUT2D eigenvalue weighted by Crippen LogP contribution is 2.31. The van der Waals surface area contributed by atoms with Crippen molar-refractivity contribution in [1.29, 1.82) is 0 Å². The molecule has 1 aliphatic carbocycles. The van der Waals surface area contributed by atoms with Gasteiger partial charge in [-0.2, -0.15) is 0 Å². The molecule has 3 atom stereocenters. The van der Waals surface area contributed by atoms with Gasteiger partial charge in [-0.3, -0.25) is 24.6 Å². The van der Waals surface area contributed by atoms with Crippen molar-refractivity contribution < 1.29 is 14.4 Å². The Balaban J connectivity index is 1.32. The molecule has 2 saturated heterocycles. The van der Waals surface area contributed by atoms with Gasteiger partial charge in [0.2, 0.25) is 11.8 Å². The second-order valence-corrected chi connectivity index (χ2v) is 8.07. The maximum Gasteiger partial charge on any atom is 0.255 e. The van der Waals surface area contributed by atoms with E-state index in [4.69, 9.17) is 0 Å². The van der Waals surface area contributed by atoms with Crippen LogP contribution >= 0.6 is 0 Å². The highest BCUT2D eigenvalue weighted by Gasteiger charge is 2.40. The van der Waals surface area contributed by atoms with E-state index in [9.17, 15) is 14.4 Å². The summed E-state index contributed by atoms with van der Waals surface area (Å²) >= 11 is 0. The molecule has 7 heteroatoms. The molecule has 0 bridgehead atoms. The molecule has 3 aliphatic heterocycles. The Morgan fingerprint density at radius 1 is 1.11 bits per heavy atom. The van der Waals surface area contributed by atoms with E-state index in [2.05, 4.69) is 21.6 Å². The van der Waals surface area contributed by atoms with Gasteiger partial charge in [0.25, 0.3) is 5.91 Å². The Bertz CT molecular complexity index is 823. The molecule has 27 heavy (non-hydrogen) atoms. The predicted molar refractivity (Wildman–Crippen MR) is 97.7 cm³/mol. The van der Waals surface area contributed by atoms with Crippen molar-refractivity contribution in [2.45, 2.75) is 56.9 Å². The van der Waals surface area contributed by atoms with Crippen LogP contribution in [0.5, 0.6) is 0 Å². The lowest BCUT2D eigenvalue weighted by molar-refractivity contribution is -0.136.